The van der Waals surface area contributed by atoms with Crippen LogP contribution >= 0.6 is 0 Å². The molecule has 2 nitrogen and oxygen atoms in total. The molecule has 0 aromatic heterocycles. The minimum absolute atomic E-state index is 0.219. The number of allylic oxidation sites excluding steroid dienone is 1. The van der Waals surface area contributed by atoms with Crippen LogP contribution in [0.3, 0.4) is 0 Å². The third kappa shape index (κ3) is 4.25. The highest BCUT2D eigenvalue weighted by Crippen LogP contribution is 2.50. The highest BCUT2D eigenvalue weighted by atomic mass is 28.3. The highest BCUT2D eigenvalue weighted by molar-refractivity contribution is 6.82. The fraction of sp³-hybridized carbons (Fsp3) is 0.233. The Kier molecular flexibility index (Phi) is 6.01. The highest BCUT2D eigenvalue weighted by Gasteiger charge is 2.55. The van der Waals surface area contributed by atoms with E-state index in [-0.39, 0.29) is 5.41 Å². The molecule has 4 rings (SSSR count). The van der Waals surface area contributed by atoms with Crippen LogP contribution < -0.4 is 0 Å². The van der Waals surface area contributed by atoms with E-state index in [9.17, 15) is 5.11 Å². The van der Waals surface area contributed by atoms with Crippen LogP contribution in [0.4, 0.5) is 0 Å². The Balaban J connectivity index is 2.12. The summed E-state index contributed by atoms with van der Waals surface area (Å²) in [5.41, 5.74) is 5.25. The van der Waals surface area contributed by atoms with E-state index in [1.165, 1.54) is 0 Å². The van der Waals surface area contributed by atoms with Crippen LogP contribution in [-0.4, -0.2) is 19.1 Å². The Labute approximate surface area is 198 Å². The van der Waals surface area contributed by atoms with Gasteiger partial charge in [0.15, 0.2) is 0 Å². The molecule has 0 aliphatic carbocycles. The summed E-state index contributed by atoms with van der Waals surface area (Å²) in [5, 5.41) is 11.4. The molecule has 0 radical (unpaired) electrons. The Hall–Kier alpha value is -3.19. The van der Waals surface area contributed by atoms with Crippen LogP contribution in [0.1, 0.15) is 37.5 Å². The van der Waals surface area contributed by atoms with Crippen LogP contribution in [0.25, 0.3) is 5.57 Å². The van der Waals surface area contributed by atoms with Crippen LogP contribution in [0.15, 0.2) is 101 Å². The lowest BCUT2D eigenvalue weighted by Gasteiger charge is -2.46. The van der Waals surface area contributed by atoms with Gasteiger partial charge in [0, 0.05) is 22.3 Å². The predicted octanol–water partition coefficient (Wildman–Crippen LogP) is 6.62. The van der Waals surface area contributed by atoms with E-state index < -0.39 is 13.5 Å². The smallest absolute Gasteiger partial charge is 0.218 e. The van der Waals surface area contributed by atoms with Crippen molar-refractivity contribution in [2.24, 2.45) is 10.1 Å². The molecule has 0 amide bonds. The molecule has 33 heavy (non-hydrogen) atoms. The van der Waals surface area contributed by atoms with Gasteiger partial charge in [-0.1, -0.05) is 111 Å². The predicted molar refractivity (Wildman–Crippen MR) is 141 cm³/mol. The average molecular weight is 450 g/mol. The van der Waals surface area contributed by atoms with Crippen molar-refractivity contribution in [1.82, 2.24) is 0 Å². The fourth-order valence-electron chi connectivity index (χ4n) is 4.48. The van der Waals surface area contributed by atoms with E-state index in [0.29, 0.717) is 0 Å². The van der Waals surface area contributed by atoms with Crippen LogP contribution in [0.5, 0.6) is 0 Å². The average Bonchev–Trinajstić information content (AvgIpc) is 2.80. The second kappa shape index (κ2) is 8.63. The van der Waals surface area contributed by atoms with E-state index in [2.05, 4.69) is 57.8 Å². The second-order valence-corrected chi connectivity index (χ2v) is 14.1. The molecular formula is C30H31NOSi. The van der Waals surface area contributed by atoms with Gasteiger partial charge in [0.25, 0.3) is 0 Å². The lowest BCUT2D eigenvalue weighted by Crippen LogP contribution is -2.56. The molecule has 3 aromatic rings. The first kappa shape index (κ1) is 23.0. The number of hydrogen-bond donors (Lipinski definition) is 1. The maximum atomic E-state index is 12.7. The molecule has 1 heterocycles. The first-order valence-corrected chi connectivity index (χ1v) is 14.4. The molecule has 1 aliphatic heterocycles. The van der Waals surface area contributed by atoms with Gasteiger partial charge in [0.2, 0.25) is 8.24 Å². The molecule has 0 saturated heterocycles. The number of benzene rings is 3. The molecular weight excluding hydrogens is 418 g/mol. The monoisotopic (exact) mass is 449 g/mol. The van der Waals surface area contributed by atoms with Gasteiger partial charge in [0.05, 0.1) is 5.57 Å². The number of aliphatic hydroxyl groups is 1. The van der Waals surface area contributed by atoms with Gasteiger partial charge in [-0.15, -0.1) is 0 Å². The maximum absolute atomic E-state index is 12.7. The van der Waals surface area contributed by atoms with Crippen molar-refractivity contribution >= 4 is 19.5 Å². The van der Waals surface area contributed by atoms with Gasteiger partial charge in [0.1, 0.15) is 5.22 Å². The van der Waals surface area contributed by atoms with E-state index in [4.69, 9.17) is 4.66 Å². The minimum Gasteiger partial charge on any atom is -0.382 e. The van der Waals surface area contributed by atoms with E-state index in [1.807, 2.05) is 78.9 Å². The molecule has 166 valence electrons. The first-order valence-electron chi connectivity index (χ1n) is 11.4. The molecule has 0 saturated carbocycles. The summed E-state index contributed by atoms with van der Waals surface area (Å²) in [7, 11) is -2.64. The fourth-order valence-corrected chi connectivity index (χ4v) is 7.40. The Morgan fingerprint density at radius 1 is 0.758 bits per heavy atom. The van der Waals surface area contributed by atoms with Crippen molar-refractivity contribution in [3.05, 3.63) is 113 Å². The number of hydrogen-bond acceptors (Lipinski definition) is 2. The molecule has 0 fully saturated rings. The number of nitrogens with zero attached hydrogens (tertiary/aromatic N) is 1. The van der Waals surface area contributed by atoms with Gasteiger partial charge >= 0.3 is 0 Å². The minimum atomic E-state index is -2.64. The quantitative estimate of drug-likeness (QED) is 0.346. The normalized spacial score (nSPS) is 20.0. The topological polar surface area (TPSA) is 32.6 Å². The second-order valence-electron chi connectivity index (χ2n) is 10.1. The summed E-state index contributed by atoms with van der Waals surface area (Å²) in [4.78, 5) is 0. The van der Waals surface area contributed by atoms with Crippen molar-refractivity contribution in [3.63, 3.8) is 0 Å². The summed E-state index contributed by atoms with van der Waals surface area (Å²) in [6.07, 6.45) is 0. The molecule has 1 N–H and O–H groups in total. The first-order chi connectivity index (χ1) is 15.6. The Morgan fingerprint density at radius 3 is 1.82 bits per heavy atom. The SMILES string of the molecule is CC(C)(C)C1=N[Si](C)(C)C(O)(c2ccccc2)C(c2ccccc2)=C1C#Cc1ccccc1. The third-order valence-electron chi connectivity index (χ3n) is 6.20. The molecule has 1 unspecified atom stereocenters. The van der Waals surface area contributed by atoms with Crippen molar-refractivity contribution in [2.75, 3.05) is 0 Å². The van der Waals surface area contributed by atoms with E-state index in [0.717, 1.165) is 33.5 Å². The summed E-state index contributed by atoms with van der Waals surface area (Å²) in [6, 6.07) is 30.2. The molecule has 0 spiro atoms. The standard InChI is InChI=1S/C30H31NOSi/c1-29(2,3)28-26(22-21-23-15-9-6-10-16-23)27(24-17-11-7-12-18-24)30(32,33(4,5)31-28)25-19-13-8-14-20-25/h6-20,32H,1-5H3. The van der Waals surface area contributed by atoms with Crippen LogP contribution in [0, 0.1) is 17.3 Å². The lowest BCUT2D eigenvalue weighted by atomic mass is 9.80. The molecule has 1 aliphatic rings. The molecule has 0 bridgehead atoms. The van der Waals surface area contributed by atoms with E-state index in [1.54, 1.807) is 0 Å². The third-order valence-corrected chi connectivity index (χ3v) is 9.29. The van der Waals surface area contributed by atoms with Crippen LogP contribution in [0.2, 0.25) is 13.1 Å². The largest absolute Gasteiger partial charge is 0.382 e. The van der Waals surface area contributed by atoms with Gasteiger partial charge in [-0.25, -0.2) is 0 Å². The van der Waals surface area contributed by atoms with Gasteiger partial charge in [-0.2, -0.15) is 0 Å². The zero-order valence-electron chi connectivity index (χ0n) is 20.1. The van der Waals surface area contributed by atoms with Crippen molar-refractivity contribution < 1.29 is 5.11 Å². The zero-order chi connectivity index (χ0) is 23.7. The van der Waals surface area contributed by atoms with Gasteiger partial charge in [-0.3, -0.25) is 0 Å². The summed E-state index contributed by atoms with van der Waals surface area (Å²) in [5.74, 6) is 6.82. The summed E-state index contributed by atoms with van der Waals surface area (Å²) in [6.45, 7) is 10.8. The number of rotatable bonds is 2. The Morgan fingerprint density at radius 2 is 1.27 bits per heavy atom. The van der Waals surface area contributed by atoms with Crippen molar-refractivity contribution in [1.29, 1.82) is 0 Å². The van der Waals surface area contributed by atoms with Gasteiger partial charge in [-0.05, 0) is 36.4 Å². The van der Waals surface area contributed by atoms with Crippen LogP contribution in [-0.2, 0) is 5.22 Å². The van der Waals surface area contributed by atoms with Gasteiger partial charge < -0.3 is 9.76 Å². The molecule has 1 atom stereocenters. The van der Waals surface area contributed by atoms with Crippen molar-refractivity contribution in [2.45, 2.75) is 39.1 Å². The zero-order valence-corrected chi connectivity index (χ0v) is 21.1. The summed E-state index contributed by atoms with van der Waals surface area (Å²) < 4.78 is 5.33. The molecule has 3 heteroatoms. The van der Waals surface area contributed by atoms with E-state index >= 15 is 0 Å². The summed E-state index contributed by atoms with van der Waals surface area (Å²) >= 11 is 0. The Bertz CT molecular complexity index is 1260. The maximum Gasteiger partial charge on any atom is 0.218 e. The van der Waals surface area contributed by atoms with Crippen molar-refractivity contribution in [3.8, 4) is 11.8 Å². The lowest BCUT2D eigenvalue weighted by molar-refractivity contribution is 0.176. The molecule has 3 aromatic carbocycles.